The Kier molecular flexibility index (Phi) is 3.72. The first-order chi connectivity index (χ1) is 13.2. The maximum Gasteiger partial charge on any atom is 0.178 e. The maximum absolute atomic E-state index is 13.3. The second-order valence-corrected chi connectivity index (χ2v) is 9.37. The molecule has 1 saturated carbocycles. The summed E-state index contributed by atoms with van der Waals surface area (Å²) in [4.78, 5) is 0. The molecule has 2 heterocycles. The zero-order valence-corrected chi connectivity index (χ0v) is 17.0. The third-order valence-electron chi connectivity index (χ3n) is 6.70. The van der Waals surface area contributed by atoms with E-state index in [0.717, 1.165) is 37.1 Å². The minimum absolute atomic E-state index is 0.170. The van der Waals surface area contributed by atoms with E-state index in [1.54, 1.807) is 12.1 Å². The van der Waals surface area contributed by atoms with Gasteiger partial charge in [0.15, 0.2) is 5.79 Å². The Morgan fingerprint density at radius 3 is 2.64 bits per heavy atom. The van der Waals surface area contributed by atoms with Gasteiger partial charge in [-0.15, -0.1) is 0 Å². The van der Waals surface area contributed by atoms with Crippen molar-refractivity contribution >= 4 is 6.08 Å². The van der Waals surface area contributed by atoms with Gasteiger partial charge < -0.3 is 9.47 Å². The SMILES string of the molecule is C[C@@H]1CC(C)(C)OC2(CCC3=Cc4c(cnn4-c4ccc(F)cc4)C[C@@]32C)O1. The molecule has 0 N–H and O–H groups in total. The van der Waals surface area contributed by atoms with Crippen molar-refractivity contribution in [3.63, 3.8) is 0 Å². The predicted octanol–water partition coefficient (Wildman–Crippen LogP) is 5.05. The van der Waals surface area contributed by atoms with E-state index < -0.39 is 5.79 Å². The van der Waals surface area contributed by atoms with E-state index >= 15 is 0 Å². The van der Waals surface area contributed by atoms with E-state index in [-0.39, 0.29) is 22.9 Å². The fourth-order valence-corrected chi connectivity index (χ4v) is 5.51. The molecule has 0 amide bonds. The second kappa shape index (κ2) is 5.77. The summed E-state index contributed by atoms with van der Waals surface area (Å²) in [5.41, 5.74) is 4.08. The van der Waals surface area contributed by atoms with Gasteiger partial charge in [-0.2, -0.15) is 5.10 Å². The van der Waals surface area contributed by atoms with Crippen molar-refractivity contribution in [2.24, 2.45) is 5.41 Å². The van der Waals surface area contributed by atoms with Gasteiger partial charge in [0.1, 0.15) is 5.82 Å². The average molecular weight is 382 g/mol. The number of hydrogen-bond acceptors (Lipinski definition) is 3. The summed E-state index contributed by atoms with van der Waals surface area (Å²) in [5, 5.41) is 4.60. The van der Waals surface area contributed by atoms with Gasteiger partial charge in [0, 0.05) is 18.3 Å². The molecule has 1 spiro atoms. The highest BCUT2D eigenvalue weighted by Crippen LogP contribution is 2.60. The molecule has 28 heavy (non-hydrogen) atoms. The van der Waals surface area contributed by atoms with Gasteiger partial charge in [-0.25, -0.2) is 9.07 Å². The van der Waals surface area contributed by atoms with E-state index in [2.05, 4.69) is 38.9 Å². The topological polar surface area (TPSA) is 36.3 Å². The van der Waals surface area contributed by atoms with Crippen LogP contribution in [0.4, 0.5) is 4.39 Å². The third kappa shape index (κ3) is 2.52. The third-order valence-corrected chi connectivity index (χ3v) is 6.70. The van der Waals surface area contributed by atoms with Crippen LogP contribution in [0.25, 0.3) is 11.8 Å². The lowest BCUT2D eigenvalue weighted by Gasteiger charge is -2.53. The summed E-state index contributed by atoms with van der Waals surface area (Å²) >= 11 is 0. The molecule has 2 aromatic rings. The Labute approximate surface area is 165 Å². The summed E-state index contributed by atoms with van der Waals surface area (Å²) in [6.45, 7) is 8.76. The molecular formula is C23H27FN2O2. The number of benzene rings is 1. The van der Waals surface area contributed by atoms with Crippen molar-refractivity contribution in [3.05, 3.63) is 53.1 Å². The minimum atomic E-state index is -0.588. The zero-order chi connectivity index (χ0) is 19.7. The molecule has 4 nitrogen and oxygen atoms in total. The highest BCUT2D eigenvalue weighted by atomic mass is 19.1. The number of ether oxygens (including phenoxy) is 2. The first-order valence-electron chi connectivity index (χ1n) is 10.1. The van der Waals surface area contributed by atoms with Crippen LogP contribution in [0.1, 0.15) is 58.2 Å². The van der Waals surface area contributed by atoms with Crippen LogP contribution in [-0.4, -0.2) is 27.3 Å². The smallest absolute Gasteiger partial charge is 0.178 e. The van der Waals surface area contributed by atoms with Crippen LogP contribution in [0, 0.1) is 11.2 Å². The van der Waals surface area contributed by atoms with Crippen molar-refractivity contribution in [3.8, 4) is 5.69 Å². The summed E-state index contributed by atoms with van der Waals surface area (Å²) in [7, 11) is 0. The lowest BCUT2D eigenvalue weighted by Crippen LogP contribution is -2.59. The normalized spacial score (nSPS) is 33.5. The number of hydrogen-bond donors (Lipinski definition) is 0. The van der Waals surface area contributed by atoms with Gasteiger partial charge in [-0.1, -0.05) is 12.5 Å². The molecule has 1 aromatic heterocycles. The van der Waals surface area contributed by atoms with Crippen molar-refractivity contribution in [1.29, 1.82) is 0 Å². The Morgan fingerprint density at radius 2 is 1.93 bits per heavy atom. The standard InChI is InChI=1S/C23H27FN2O2/c1-15-12-21(2,3)28-23(27-15)10-9-17-11-20-16(13-22(17,23)4)14-25-26(20)19-7-5-18(24)6-8-19/h5-8,11,14-15H,9-10,12-13H2,1-4H3/t15-,22+,23?/m1/s1. The minimum Gasteiger partial charge on any atom is -0.346 e. The lowest BCUT2D eigenvalue weighted by atomic mass is 9.71. The van der Waals surface area contributed by atoms with Crippen molar-refractivity contribution in [1.82, 2.24) is 9.78 Å². The van der Waals surface area contributed by atoms with Crippen LogP contribution in [0.2, 0.25) is 0 Å². The number of halogens is 1. The average Bonchev–Trinajstić information content (AvgIpc) is 3.11. The monoisotopic (exact) mass is 382 g/mol. The van der Waals surface area contributed by atoms with Crippen LogP contribution in [0.5, 0.6) is 0 Å². The Balaban J connectivity index is 1.56. The van der Waals surface area contributed by atoms with Crippen molar-refractivity contribution < 1.29 is 13.9 Å². The second-order valence-electron chi connectivity index (χ2n) is 9.37. The van der Waals surface area contributed by atoms with E-state index in [9.17, 15) is 4.39 Å². The number of rotatable bonds is 1. The predicted molar refractivity (Wildman–Crippen MR) is 106 cm³/mol. The number of aromatic nitrogens is 2. The van der Waals surface area contributed by atoms with Crippen LogP contribution in [0.15, 0.2) is 36.0 Å². The molecule has 1 unspecified atom stereocenters. The number of nitrogens with zero attached hydrogens (tertiary/aromatic N) is 2. The van der Waals surface area contributed by atoms with Crippen LogP contribution >= 0.6 is 0 Å². The van der Waals surface area contributed by atoms with E-state index in [1.165, 1.54) is 23.3 Å². The Hall–Kier alpha value is -1.98. The molecule has 2 fully saturated rings. The molecule has 0 radical (unpaired) electrons. The first-order valence-corrected chi connectivity index (χ1v) is 10.1. The van der Waals surface area contributed by atoms with Crippen molar-refractivity contribution in [2.45, 2.75) is 70.9 Å². The molecule has 1 saturated heterocycles. The summed E-state index contributed by atoms with van der Waals surface area (Å²) in [6.07, 6.45) is 7.91. The Bertz CT molecular complexity index is 961. The fourth-order valence-electron chi connectivity index (χ4n) is 5.51. The highest BCUT2D eigenvalue weighted by Gasteiger charge is 2.62. The van der Waals surface area contributed by atoms with E-state index in [4.69, 9.17) is 9.47 Å². The molecule has 148 valence electrons. The van der Waals surface area contributed by atoms with Gasteiger partial charge in [0.25, 0.3) is 0 Å². The van der Waals surface area contributed by atoms with Crippen LogP contribution in [0.3, 0.4) is 0 Å². The van der Waals surface area contributed by atoms with Crippen molar-refractivity contribution in [2.75, 3.05) is 0 Å². The zero-order valence-electron chi connectivity index (χ0n) is 17.0. The van der Waals surface area contributed by atoms with Gasteiger partial charge in [-0.05, 0) is 69.5 Å². The van der Waals surface area contributed by atoms with Gasteiger partial charge in [0.05, 0.1) is 29.3 Å². The molecule has 3 aliphatic rings. The van der Waals surface area contributed by atoms with Gasteiger partial charge in [0.2, 0.25) is 0 Å². The molecule has 0 bridgehead atoms. The molecule has 3 atom stereocenters. The summed E-state index contributed by atoms with van der Waals surface area (Å²) < 4.78 is 28.4. The molecule has 5 rings (SSSR count). The lowest BCUT2D eigenvalue weighted by molar-refractivity contribution is -0.368. The van der Waals surface area contributed by atoms with E-state index in [1.807, 2.05) is 10.9 Å². The van der Waals surface area contributed by atoms with Crippen LogP contribution in [-0.2, 0) is 15.9 Å². The molecule has 1 aromatic carbocycles. The molecule has 2 aliphatic carbocycles. The molecular weight excluding hydrogens is 355 g/mol. The summed E-state index contributed by atoms with van der Waals surface area (Å²) in [5.74, 6) is -0.827. The molecule has 1 aliphatic heterocycles. The molecule has 5 heteroatoms. The quantitative estimate of drug-likeness (QED) is 0.692. The van der Waals surface area contributed by atoms with Gasteiger partial charge >= 0.3 is 0 Å². The Morgan fingerprint density at radius 1 is 1.18 bits per heavy atom. The summed E-state index contributed by atoms with van der Waals surface area (Å²) in [6, 6.07) is 6.48. The highest BCUT2D eigenvalue weighted by molar-refractivity contribution is 5.62. The van der Waals surface area contributed by atoms with Crippen LogP contribution < -0.4 is 0 Å². The largest absolute Gasteiger partial charge is 0.346 e. The number of fused-ring (bicyclic) bond motifs is 3. The first kappa shape index (κ1) is 18.1. The maximum atomic E-state index is 13.3. The fraction of sp³-hybridized carbons (Fsp3) is 0.522. The van der Waals surface area contributed by atoms with Gasteiger partial charge in [-0.3, -0.25) is 0 Å². The van der Waals surface area contributed by atoms with E-state index in [0.29, 0.717) is 0 Å².